The van der Waals surface area contributed by atoms with Gasteiger partial charge in [-0.1, -0.05) is 11.2 Å². The van der Waals surface area contributed by atoms with Gasteiger partial charge < -0.3 is 15.2 Å². The molecule has 124 valence electrons. The molecule has 3 rings (SSSR count). The van der Waals surface area contributed by atoms with E-state index in [1.165, 1.54) is 0 Å². The highest BCUT2D eigenvalue weighted by Crippen LogP contribution is 2.28. The average Bonchev–Trinajstić information content (AvgIpc) is 2.96. The molecule has 1 aliphatic rings. The van der Waals surface area contributed by atoms with E-state index in [1.54, 1.807) is 6.07 Å². The number of carbonyl (C=O) groups excluding carboxylic acids is 1. The zero-order valence-corrected chi connectivity index (χ0v) is 14.1. The lowest BCUT2D eigenvalue weighted by molar-refractivity contribution is 0.0704. The molecule has 2 aromatic rings. The number of nitrogens with two attached hydrogens (primary N) is 1. The van der Waals surface area contributed by atoms with Gasteiger partial charge in [-0.15, -0.1) is 12.4 Å². The second-order valence-electron chi connectivity index (χ2n) is 5.82. The van der Waals surface area contributed by atoms with Crippen LogP contribution in [0.2, 0.25) is 0 Å². The fourth-order valence-electron chi connectivity index (χ4n) is 2.85. The largest absolute Gasteiger partial charge is 0.399 e. The second-order valence-corrected chi connectivity index (χ2v) is 5.82. The number of hydrogen-bond acceptors (Lipinski definition) is 5. The smallest absolute Gasteiger partial charge is 0.254 e. The van der Waals surface area contributed by atoms with E-state index in [2.05, 4.69) is 10.1 Å². The Morgan fingerprint density at radius 2 is 2.00 bits per heavy atom. The van der Waals surface area contributed by atoms with E-state index in [-0.39, 0.29) is 24.2 Å². The second kappa shape index (κ2) is 7.00. The van der Waals surface area contributed by atoms with E-state index in [4.69, 9.17) is 10.3 Å². The van der Waals surface area contributed by atoms with Crippen LogP contribution in [-0.2, 0) is 0 Å². The molecule has 2 N–H and O–H groups in total. The summed E-state index contributed by atoms with van der Waals surface area (Å²) in [6.07, 6.45) is 1.68. The maximum absolute atomic E-state index is 12.6. The summed E-state index contributed by atoms with van der Waals surface area (Å²) in [4.78, 5) is 18.8. The molecule has 0 spiro atoms. The normalized spacial score (nSPS) is 15.3. The molecule has 0 unspecified atom stereocenters. The number of carbonyl (C=O) groups is 1. The van der Waals surface area contributed by atoms with Gasteiger partial charge in [-0.05, 0) is 44.4 Å². The molecule has 0 atom stereocenters. The van der Waals surface area contributed by atoms with Gasteiger partial charge in [0.25, 0.3) is 5.91 Å². The summed E-state index contributed by atoms with van der Waals surface area (Å²) in [5.74, 6) is 1.63. The summed E-state index contributed by atoms with van der Waals surface area (Å²) in [6.45, 7) is 5.13. The molecule has 1 aromatic carbocycles. The Morgan fingerprint density at radius 1 is 1.30 bits per heavy atom. The molecular formula is C16H21ClN4O2. The molecular weight excluding hydrogens is 316 g/mol. The minimum atomic E-state index is 0. The molecule has 0 bridgehead atoms. The number of hydrogen-bond donors (Lipinski definition) is 1. The first-order chi connectivity index (χ1) is 10.5. The molecule has 6 nitrogen and oxygen atoms in total. The fourth-order valence-corrected chi connectivity index (χ4v) is 2.85. The average molecular weight is 337 g/mol. The number of aryl methyl sites for hydroxylation is 2. The predicted octanol–water partition coefficient (Wildman–Crippen LogP) is 2.71. The third-order valence-corrected chi connectivity index (χ3v) is 4.17. The molecule has 7 heteroatoms. The van der Waals surface area contributed by atoms with Crippen molar-refractivity contribution in [3.63, 3.8) is 0 Å². The van der Waals surface area contributed by atoms with Crippen LogP contribution in [-0.4, -0.2) is 34.0 Å². The summed E-state index contributed by atoms with van der Waals surface area (Å²) in [5, 5.41) is 3.83. The van der Waals surface area contributed by atoms with Crippen molar-refractivity contribution in [2.75, 3.05) is 18.8 Å². The Morgan fingerprint density at radius 3 is 2.61 bits per heavy atom. The molecule has 1 saturated heterocycles. The third kappa shape index (κ3) is 3.64. The SMILES string of the molecule is Cc1noc(C2CCN(C(=O)c3cc(N)ccc3C)CC2)n1.Cl. The lowest BCUT2D eigenvalue weighted by Gasteiger charge is -2.30. The topological polar surface area (TPSA) is 85.2 Å². The Labute approximate surface area is 141 Å². The first-order valence-electron chi connectivity index (χ1n) is 7.50. The first-order valence-corrected chi connectivity index (χ1v) is 7.50. The van der Waals surface area contributed by atoms with Crippen molar-refractivity contribution in [3.05, 3.63) is 41.0 Å². The van der Waals surface area contributed by atoms with E-state index in [1.807, 2.05) is 30.9 Å². The number of likely N-dealkylation sites (tertiary alicyclic amines) is 1. The molecule has 1 aliphatic heterocycles. The van der Waals surface area contributed by atoms with Crippen LogP contribution < -0.4 is 5.73 Å². The number of halogens is 1. The van der Waals surface area contributed by atoms with Crippen LogP contribution in [0.15, 0.2) is 22.7 Å². The van der Waals surface area contributed by atoms with Crippen molar-refractivity contribution in [1.29, 1.82) is 0 Å². The van der Waals surface area contributed by atoms with Gasteiger partial charge in [-0.3, -0.25) is 4.79 Å². The van der Waals surface area contributed by atoms with E-state index in [0.717, 1.165) is 18.4 Å². The van der Waals surface area contributed by atoms with Crippen LogP contribution in [0, 0.1) is 13.8 Å². The third-order valence-electron chi connectivity index (χ3n) is 4.17. The summed E-state index contributed by atoms with van der Waals surface area (Å²) in [7, 11) is 0. The van der Waals surface area contributed by atoms with Crippen LogP contribution in [0.5, 0.6) is 0 Å². The maximum atomic E-state index is 12.6. The highest BCUT2D eigenvalue weighted by Gasteiger charge is 2.28. The number of nitrogens with zero attached hydrogens (tertiary/aromatic N) is 3. The minimum Gasteiger partial charge on any atom is -0.399 e. The van der Waals surface area contributed by atoms with Crippen LogP contribution in [0.1, 0.15) is 46.4 Å². The van der Waals surface area contributed by atoms with Crippen molar-refractivity contribution in [3.8, 4) is 0 Å². The predicted molar refractivity (Wildman–Crippen MR) is 89.8 cm³/mol. The zero-order chi connectivity index (χ0) is 15.7. The van der Waals surface area contributed by atoms with Crippen molar-refractivity contribution in [1.82, 2.24) is 15.0 Å². The molecule has 2 heterocycles. The van der Waals surface area contributed by atoms with Gasteiger partial charge in [0, 0.05) is 30.3 Å². The van der Waals surface area contributed by atoms with Crippen LogP contribution in [0.4, 0.5) is 5.69 Å². The van der Waals surface area contributed by atoms with Crippen molar-refractivity contribution in [2.45, 2.75) is 32.6 Å². The summed E-state index contributed by atoms with van der Waals surface area (Å²) >= 11 is 0. The molecule has 1 fully saturated rings. The number of piperidine rings is 1. The number of nitrogen functional groups attached to an aromatic ring is 1. The van der Waals surface area contributed by atoms with Gasteiger partial charge in [0.2, 0.25) is 5.89 Å². The van der Waals surface area contributed by atoms with E-state index in [0.29, 0.717) is 36.1 Å². The first kappa shape index (κ1) is 17.3. The monoisotopic (exact) mass is 336 g/mol. The van der Waals surface area contributed by atoms with Crippen LogP contribution in [0.3, 0.4) is 0 Å². The fraction of sp³-hybridized carbons (Fsp3) is 0.438. The van der Waals surface area contributed by atoms with Crippen LogP contribution >= 0.6 is 12.4 Å². The Hall–Kier alpha value is -2.08. The van der Waals surface area contributed by atoms with E-state index in [9.17, 15) is 4.79 Å². The number of benzene rings is 1. The van der Waals surface area contributed by atoms with Gasteiger partial charge in [0.05, 0.1) is 0 Å². The Kier molecular flexibility index (Phi) is 5.26. The molecule has 23 heavy (non-hydrogen) atoms. The van der Waals surface area contributed by atoms with Crippen molar-refractivity contribution >= 4 is 24.0 Å². The van der Waals surface area contributed by atoms with Gasteiger partial charge >= 0.3 is 0 Å². The van der Waals surface area contributed by atoms with Gasteiger partial charge in [-0.25, -0.2) is 0 Å². The van der Waals surface area contributed by atoms with Gasteiger partial charge in [0.15, 0.2) is 5.82 Å². The molecule has 0 saturated carbocycles. The summed E-state index contributed by atoms with van der Waals surface area (Å²) in [5.41, 5.74) is 8.05. The van der Waals surface area contributed by atoms with Crippen molar-refractivity contribution < 1.29 is 9.32 Å². The Balaban J connectivity index is 0.00000192. The molecule has 0 aliphatic carbocycles. The van der Waals surface area contributed by atoms with Gasteiger partial charge in [0.1, 0.15) is 0 Å². The number of amides is 1. The highest BCUT2D eigenvalue weighted by molar-refractivity contribution is 5.96. The van der Waals surface area contributed by atoms with Crippen LogP contribution in [0.25, 0.3) is 0 Å². The van der Waals surface area contributed by atoms with E-state index >= 15 is 0 Å². The number of anilines is 1. The Bertz CT molecular complexity index is 693. The standard InChI is InChI=1S/C16H20N4O2.ClH/c1-10-3-4-13(17)9-14(10)16(21)20-7-5-12(6-8-20)15-18-11(2)19-22-15;/h3-4,9,12H,5-8,17H2,1-2H3;1H. The number of rotatable bonds is 2. The molecule has 1 aromatic heterocycles. The lowest BCUT2D eigenvalue weighted by atomic mass is 9.95. The number of aromatic nitrogens is 2. The van der Waals surface area contributed by atoms with E-state index < -0.39 is 0 Å². The summed E-state index contributed by atoms with van der Waals surface area (Å²) in [6, 6.07) is 5.46. The molecule has 0 radical (unpaired) electrons. The zero-order valence-electron chi connectivity index (χ0n) is 13.3. The lowest BCUT2D eigenvalue weighted by Crippen LogP contribution is -2.38. The minimum absolute atomic E-state index is 0. The quantitative estimate of drug-likeness (QED) is 0.852. The maximum Gasteiger partial charge on any atom is 0.254 e. The van der Waals surface area contributed by atoms with Gasteiger partial charge in [-0.2, -0.15) is 4.98 Å². The van der Waals surface area contributed by atoms with Crippen molar-refractivity contribution in [2.24, 2.45) is 0 Å². The molecule has 1 amide bonds. The highest BCUT2D eigenvalue weighted by atomic mass is 35.5. The summed E-state index contributed by atoms with van der Waals surface area (Å²) < 4.78 is 5.24.